The highest BCUT2D eigenvalue weighted by atomic mass is 32.1. The van der Waals surface area contributed by atoms with Crippen molar-refractivity contribution in [2.75, 3.05) is 18.8 Å². The first kappa shape index (κ1) is 15.3. The lowest BCUT2D eigenvalue weighted by Crippen LogP contribution is -2.27. The van der Waals surface area contributed by atoms with E-state index in [-0.39, 0.29) is 5.91 Å². The summed E-state index contributed by atoms with van der Waals surface area (Å²) in [4.78, 5) is 25.4. The Labute approximate surface area is 153 Å². The van der Waals surface area contributed by atoms with Crippen LogP contribution in [0, 0.1) is 0 Å². The average molecular weight is 363 g/mol. The fourth-order valence-corrected chi connectivity index (χ4v) is 4.61. The first-order valence-electron chi connectivity index (χ1n) is 8.64. The van der Waals surface area contributed by atoms with Crippen molar-refractivity contribution in [1.82, 2.24) is 19.3 Å². The summed E-state index contributed by atoms with van der Waals surface area (Å²) in [6.45, 7) is 1.60. The number of nitrogen functional groups attached to an aromatic ring is 1. The van der Waals surface area contributed by atoms with Crippen LogP contribution in [0.4, 0.5) is 5.69 Å². The summed E-state index contributed by atoms with van der Waals surface area (Å²) in [5, 5.41) is 0.766. The number of nitrogens with zero attached hydrogens (tertiary/aromatic N) is 4. The first-order chi connectivity index (χ1) is 12.7. The van der Waals surface area contributed by atoms with Gasteiger partial charge in [0.25, 0.3) is 5.91 Å². The molecule has 0 radical (unpaired) electrons. The van der Waals surface area contributed by atoms with Gasteiger partial charge in [-0.05, 0) is 12.8 Å². The zero-order chi connectivity index (χ0) is 17.7. The van der Waals surface area contributed by atoms with E-state index in [2.05, 4.69) is 4.98 Å². The van der Waals surface area contributed by atoms with Crippen molar-refractivity contribution < 1.29 is 4.79 Å². The molecule has 4 aromatic rings. The van der Waals surface area contributed by atoms with Crippen molar-refractivity contribution in [2.24, 2.45) is 0 Å². The normalized spacial score (nSPS) is 14.5. The maximum absolute atomic E-state index is 12.9. The second kappa shape index (κ2) is 5.81. The zero-order valence-electron chi connectivity index (χ0n) is 14.1. The molecule has 130 valence electrons. The summed E-state index contributed by atoms with van der Waals surface area (Å²) in [5.41, 5.74) is 8.62. The van der Waals surface area contributed by atoms with Gasteiger partial charge in [-0.2, -0.15) is 0 Å². The molecule has 3 aromatic heterocycles. The summed E-state index contributed by atoms with van der Waals surface area (Å²) in [7, 11) is 0. The number of carbonyl (C=O) groups excluding carboxylic acids is 1. The molecule has 5 rings (SSSR count). The van der Waals surface area contributed by atoms with E-state index in [9.17, 15) is 4.79 Å². The van der Waals surface area contributed by atoms with Crippen molar-refractivity contribution in [3.05, 3.63) is 47.6 Å². The number of carbonyl (C=O) groups is 1. The third-order valence-electron chi connectivity index (χ3n) is 4.85. The maximum Gasteiger partial charge on any atom is 0.266 e. The van der Waals surface area contributed by atoms with Crippen LogP contribution in [0.1, 0.15) is 22.5 Å². The standard InChI is InChI=1S/C19H17N5OS/c20-14-13-17-21-8-11-24(17)16(12-6-2-1-3-7-12)22-18(13)26-15(14)19(25)23-9-4-5-10-23/h1-3,6-8,11H,4-5,9-10,20H2. The van der Waals surface area contributed by atoms with Gasteiger partial charge in [0.15, 0.2) is 5.65 Å². The van der Waals surface area contributed by atoms with Crippen LogP contribution in [0.15, 0.2) is 42.7 Å². The third kappa shape index (κ3) is 2.20. The molecule has 7 heteroatoms. The van der Waals surface area contributed by atoms with Crippen LogP contribution in [0.25, 0.3) is 27.3 Å². The van der Waals surface area contributed by atoms with Gasteiger partial charge in [0.2, 0.25) is 0 Å². The number of aromatic nitrogens is 3. The van der Waals surface area contributed by atoms with Crippen LogP contribution >= 0.6 is 11.3 Å². The van der Waals surface area contributed by atoms with E-state index in [0.29, 0.717) is 10.6 Å². The molecule has 1 aromatic carbocycles. The van der Waals surface area contributed by atoms with Crippen molar-refractivity contribution in [3.8, 4) is 11.4 Å². The summed E-state index contributed by atoms with van der Waals surface area (Å²) < 4.78 is 1.94. The quantitative estimate of drug-likeness (QED) is 0.592. The Morgan fingerprint density at radius 3 is 2.69 bits per heavy atom. The SMILES string of the molecule is Nc1c(C(=O)N2CCCC2)sc2nc(-c3ccccc3)n3ccnc3c12. The van der Waals surface area contributed by atoms with E-state index in [4.69, 9.17) is 10.7 Å². The lowest BCUT2D eigenvalue weighted by molar-refractivity contribution is 0.0798. The van der Waals surface area contributed by atoms with Gasteiger partial charge < -0.3 is 10.6 Å². The fourth-order valence-electron chi connectivity index (χ4n) is 3.55. The zero-order valence-corrected chi connectivity index (χ0v) is 14.9. The Morgan fingerprint density at radius 2 is 1.92 bits per heavy atom. The summed E-state index contributed by atoms with van der Waals surface area (Å²) >= 11 is 1.37. The van der Waals surface area contributed by atoms with Crippen LogP contribution in [0.3, 0.4) is 0 Å². The number of anilines is 1. The largest absolute Gasteiger partial charge is 0.397 e. The van der Waals surface area contributed by atoms with Gasteiger partial charge in [0.1, 0.15) is 15.5 Å². The number of hydrogen-bond acceptors (Lipinski definition) is 5. The molecule has 0 unspecified atom stereocenters. The highest BCUT2D eigenvalue weighted by Crippen LogP contribution is 2.37. The van der Waals surface area contributed by atoms with Gasteiger partial charge in [-0.3, -0.25) is 9.20 Å². The molecule has 1 aliphatic heterocycles. The Kier molecular flexibility index (Phi) is 3.43. The molecule has 1 saturated heterocycles. The lowest BCUT2D eigenvalue weighted by Gasteiger charge is -2.14. The third-order valence-corrected chi connectivity index (χ3v) is 5.93. The highest BCUT2D eigenvalue weighted by Gasteiger charge is 2.26. The van der Waals surface area contributed by atoms with Gasteiger partial charge in [-0.1, -0.05) is 30.3 Å². The van der Waals surface area contributed by atoms with Crippen LogP contribution in [-0.2, 0) is 0 Å². The summed E-state index contributed by atoms with van der Waals surface area (Å²) in [6, 6.07) is 9.97. The number of rotatable bonds is 2. The molecule has 26 heavy (non-hydrogen) atoms. The molecule has 0 spiro atoms. The summed E-state index contributed by atoms with van der Waals surface area (Å²) in [6.07, 6.45) is 5.72. The number of imidazole rings is 1. The number of thiophene rings is 1. The van der Waals surface area contributed by atoms with E-state index >= 15 is 0 Å². The van der Waals surface area contributed by atoms with E-state index in [0.717, 1.165) is 53.2 Å². The first-order valence-corrected chi connectivity index (χ1v) is 9.45. The van der Waals surface area contributed by atoms with Gasteiger partial charge in [0.05, 0.1) is 11.1 Å². The number of hydrogen-bond donors (Lipinski definition) is 1. The van der Waals surface area contributed by atoms with Gasteiger partial charge >= 0.3 is 0 Å². The van der Waals surface area contributed by atoms with Gasteiger partial charge in [-0.15, -0.1) is 11.3 Å². The molecule has 2 N–H and O–H groups in total. The number of likely N-dealkylation sites (tertiary alicyclic amines) is 1. The summed E-state index contributed by atoms with van der Waals surface area (Å²) in [5.74, 6) is 0.806. The topological polar surface area (TPSA) is 76.5 Å². The number of benzene rings is 1. The number of amides is 1. The molecule has 0 atom stereocenters. The molecule has 0 aliphatic carbocycles. The van der Waals surface area contributed by atoms with Crippen LogP contribution < -0.4 is 5.73 Å². The molecule has 1 fully saturated rings. The minimum absolute atomic E-state index is 0.00830. The highest BCUT2D eigenvalue weighted by molar-refractivity contribution is 7.21. The van der Waals surface area contributed by atoms with Crippen LogP contribution in [0.5, 0.6) is 0 Å². The van der Waals surface area contributed by atoms with Gasteiger partial charge in [-0.25, -0.2) is 9.97 Å². The molecule has 0 saturated carbocycles. The number of nitrogens with two attached hydrogens (primary N) is 1. The maximum atomic E-state index is 12.9. The fraction of sp³-hybridized carbons (Fsp3) is 0.211. The van der Waals surface area contributed by atoms with E-state index in [1.165, 1.54) is 11.3 Å². The molecule has 6 nitrogen and oxygen atoms in total. The van der Waals surface area contributed by atoms with Crippen molar-refractivity contribution in [3.63, 3.8) is 0 Å². The minimum Gasteiger partial charge on any atom is -0.397 e. The smallest absolute Gasteiger partial charge is 0.266 e. The lowest BCUT2D eigenvalue weighted by atomic mass is 10.2. The second-order valence-electron chi connectivity index (χ2n) is 6.45. The Balaban J connectivity index is 1.75. The average Bonchev–Trinajstić information content (AvgIpc) is 3.41. The predicted octanol–water partition coefficient (Wildman–Crippen LogP) is 3.43. The molecule has 0 bridgehead atoms. The monoisotopic (exact) mass is 363 g/mol. The molecular weight excluding hydrogens is 346 g/mol. The Hall–Kier alpha value is -2.93. The predicted molar refractivity (Wildman–Crippen MR) is 103 cm³/mol. The van der Waals surface area contributed by atoms with Crippen LogP contribution in [0.2, 0.25) is 0 Å². The molecule has 1 aliphatic rings. The molecular formula is C19H17N5OS. The van der Waals surface area contributed by atoms with E-state index in [1.807, 2.05) is 45.8 Å². The van der Waals surface area contributed by atoms with Crippen molar-refractivity contribution in [2.45, 2.75) is 12.8 Å². The second-order valence-corrected chi connectivity index (χ2v) is 7.45. The van der Waals surface area contributed by atoms with Crippen molar-refractivity contribution in [1.29, 1.82) is 0 Å². The Morgan fingerprint density at radius 1 is 1.15 bits per heavy atom. The van der Waals surface area contributed by atoms with Crippen molar-refractivity contribution >= 4 is 38.8 Å². The number of fused-ring (bicyclic) bond motifs is 3. The minimum atomic E-state index is 0.00830. The molecule has 1 amide bonds. The van der Waals surface area contributed by atoms with Crippen LogP contribution in [-0.4, -0.2) is 38.3 Å². The Bertz CT molecular complexity index is 1130. The van der Waals surface area contributed by atoms with E-state index in [1.54, 1.807) is 6.20 Å². The molecule has 4 heterocycles. The van der Waals surface area contributed by atoms with Gasteiger partial charge in [0, 0.05) is 31.0 Å². The van der Waals surface area contributed by atoms with E-state index < -0.39 is 0 Å².